The first-order chi connectivity index (χ1) is 7.53. The zero-order valence-corrected chi connectivity index (χ0v) is 10.9. The van der Waals surface area contributed by atoms with E-state index in [9.17, 15) is 13.5 Å². The molecular weight excluding hydrogens is 250 g/mol. The number of sulfonamides is 1. The average molecular weight is 270 g/mol. The average Bonchev–Trinajstić information content (AvgIpc) is 2.24. The molecule has 0 amide bonds. The summed E-state index contributed by atoms with van der Waals surface area (Å²) in [7, 11) is -3.18. The molecule has 0 aromatic carbocycles. The maximum atomic E-state index is 11.5. The fourth-order valence-electron chi connectivity index (χ4n) is 2.01. The smallest absolute Gasteiger partial charge is 0.211 e. The van der Waals surface area contributed by atoms with Gasteiger partial charge < -0.3 is 5.11 Å². The monoisotopic (exact) mass is 269 g/mol. The van der Waals surface area contributed by atoms with Crippen molar-refractivity contribution in [2.45, 2.75) is 38.2 Å². The number of nitrogens with one attached hydrogen (secondary N) is 1. The van der Waals surface area contributed by atoms with Gasteiger partial charge in [0.1, 0.15) is 0 Å². The molecular formula is C10H20ClNO3S. The molecule has 1 aliphatic rings. The predicted molar refractivity (Wildman–Crippen MR) is 65.1 cm³/mol. The molecule has 1 fully saturated rings. The largest absolute Gasteiger partial charge is 0.393 e. The van der Waals surface area contributed by atoms with Crippen LogP contribution in [-0.2, 0) is 10.0 Å². The first kappa shape index (κ1) is 14.2. The Kier molecular flexibility index (Phi) is 6.03. The molecule has 2 N–H and O–H groups in total. The standard InChI is InChI=1S/C10H20ClNO3S/c11-5-2-6-16(14,15)12-8-9-3-1-4-10(13)7-9/h9-10,12-13H,1-8H2. The Bertz CT molecular complexity index is 294. The Balaban J connectivity index is 2.27. The predicted octanol–water partition coefficient (Wildman–Crippen LogP) is 1.09. The third-order valence-corrected chi connectivity index (χ3v) is 4.59. The zero-order valence-electron chi connectivity index (χ0n) is 9.36. The fourth-order valence-corrected chi connectivity index (χ4v) is 3.46. The van der Waals surface area contributed by atoms with Crippen LogP contribution in [0, 0.1) is 5.92 Å². The molecule has 1 aliphatic carbocycles. The Morgan fingerprint density at radius 1 is 1.38 bits per heavy atom. The summed E-state index contributed by atoms with van der Waals surface area (Å²) < 4.78 is 25.5. The summed E-state index contributed by atoms with van der Waals surface area (Å²) in [5, 5.41) is 9.46. The van der Waals surface area contributed by atoms with E-state index in [1.54, 1.807) is 0 Å². The summed E-state index contributed by atoms with van der Waals surface area (Å²) in [4.78, 5) is 0. The second kappa shape index (κ2) is 6.79. The van der Waals surface area contributed by atoms with Gasteiger partial charge in [-0.05, 0) is 31.6 Å². The lowest BCUT2D eigenvalue weighted by atomic mass is 9.87. The van der Waals surface area contributed by atoms with Crippen LogP contribution in [0.15, 0.2) is 0 Å². The number of hydrogen-bond acceptors (Lipinski definition) is 3. The van der Waals surface area contributed by atoms with Crippen molar-refractivity contribution in [2.75, 3.05) is 18.2 Å². The van der Waals surface area contributed by atoms with Gasteiger partial charge in [0.25, 0.3) is 0 Å². The topological polar surface area (TPSA) is 66.4 Å². The van der Waals surface area contributed by atoms with Gasteiger partial charge in [-0.25, -0.2) is 13.1 Å². The number of alkyl halides is 1. The SMILES string of the molecule is O=S(=O)(CCCCl)NCC1CCCC(O)C1. The van der Waals surface area contributed by atoms with Crippen LogP contribution >= 0.6 is 11.6 Å². The molecule has 2 atom stereocenters. The lowest BCUT2D eigenvalue weighted by molar-refractivity contribution is 0.102. The molecule has 0 aliphatic heterocycles. The van der Waals surface area contributed by atoms with Crippen LogP contribution in [0.4, 0.5) is 0 Å². The Hall–Kier alpha value is 0.160. The molecule has 0 radical (unpaired) electrons. The minimum atomic E-state index is -3.18. The van der Waals surface area contributed by atoms with Crippen LogP contribution in [0.3, 0.4) is 0 Å². The summed E-state index contributed by atoms with van der Waals surface area (Å²) in [5.74, 6) is 0.726. The molecule has 0 aromatic heterocycles. The van der Waals surface area contributed by atoms with E-state index in [0.29, 0.717) is 25.3 Å². The second-order valence-electron chi connectivity index (χ2n) is 4.40. The summed E-state index contributed by atoms with van der Waals surface area (Å²) in [6.07, 6.45) is 3.74. The molecule has 0 heterocycles. The maximum Gasteiger partial charge on any atom is 0.211 e. The van der Waals surface area contributed by atoms with Crippen LogP contribution in [0.1, 0.15) is 32.1 Å². The molecule has 0 spiro atoms. The van der Waals surface area contributed by atoms with Gasteiger partial charge in [-0.2, -0.15) is 0 Å². The number of aliphatic hydroxyl groups is 1. The Morgan fingerprint density at radius 2 is 2.12 bits per heavy atom. The molecule has 96 valence electrons. The van der Waals surface area contributed by atoms with Crippen molar-refractivity contribution < 1.29 is 13.5 Å². The van der Waals surface area contributed by atoms with E-state index in [-0.39, 0.29) is 17.8 Å². The van der Waals surface area contributed by atoms with Crippen LogP contribution in [0.25, 0.3) is 0 Å². The normalized spacial score (nSPS) is 26.9. The van der Waals surface area contributed by atoms with Crippen molar-refractivity contribution in [3.63, 3.8) is 0 Å². The Morgan fingerprint density at radius 3 is 2.75 bits per heavy atom. The molecule has 1 rings (SSSR count). The highest BCUT2D eigenvalue weighted by molar-refractivity contribution is 7.89. The third kappa shape index (κ3) is 5.48. The second-order valence-corrected chi connectivity index (χ2v) is 6.70. The third-order valence-electron chi connectivity index (χ3n) is 2.89. The minimum absolute atomic E-state index is 0.0891. The van der Waals surface area contributed by atoms with Crippen molar-refractivity contribution in [1.29, 1.82) is 0 Å². The molecule has 4 nitrogen and oxygen atoms in total. The molecule has 0 aromatic rings. The maximum absolute atomic E-state index is 11.5. The lowest BCUT2D eigenvalue weighted by Crippen LogP contribution is -2.34. The first-order valence-electron chi connectivity index (χ1n) is 5.75. The van der Waals surface area contributed by atoms with E-state index in [0.717, 1.165) is 19.3 Å². The van der Waals surface area contributed by atoms with Crippen molar-refractivity contribution in [3.8, 4) is 0 Å². The van der Waals surface area contributed by atoms with Crippen LogP contribution in [0.5, 0.6) is 0 Å². The van der Waals surface area contributed by atoms with Gasteiger partial charge in [0.2, 0.25) is 10.0 Å². The first-order valence-corrected chi connectivity index (χ1v) is 7.93. The van der Waals surface area contributed by atoms with Crippen LogP contribution < -0.4 is 4.72 Å². The van der Waals surface area contributed by atoms with E-state index in [1.165, 1.54) is 0 Å². The number of aliphatic hydroxyl groups excluding tert-OH is 1. The Labute approximate surface area is 102 Å². The quantitative estimate of drug-likeness (QED) is 0.710. The van der Waals surface area contributed by atoms with Crippen LogP contribution in [-0.4, -0.2) is 37.8 Å². The number of hydrogen-bond donors (Lipinski definition) is 2. The summed E-state index contributed by atoms with van der Waals surface area (Å²) >= 11 is 5.45. The van der Waals surface area contributed by atoms with Gasteiger partial charge in [0.15, 0.2) is 0 Å². The van der Waals surface area contributed by atoms with E-state index in [2.05, 4.69) is 4.72 Å². The highest BCUT2D eigenvalue weighted by Crippen LogP contribution is 2.23. The summed E-state index contributed by atoms with van der Waals surface area (Å²) in [6, 6.07) is 0. The summed E-state index contributed by atoms with van der Waals surface area (Å²) in [5.41, 5.74) is 0. The van der Waals surface area contributed by atoms with Crippen molar-refractivity contribution in [2.24, 2.45) is 5.92 Å². The molecule has 0 bridgehead atoms. The molecule has 16 heavy (non-hydrogen) atoms. The van der Waals surface area contributed by atoms with E-state index in [1.807, 2.05) is 0 Å². The number of rotatable bonds is 6. The molecule has 6 heteroatoms. The van der Waals surface area contributed by atoms with Gasteiger partial charge in [-0.15, -0.1) is 11.6 Å². The van der Waals surface area contributed by atoms with Gasteiger partial charge >= 0.3 is 0 Å². The number of halogens is 1. The van der Waals surface area contributed by atoms with Gasteiger partial charge in [-0.3, -0.25) is 0 Å². The minimum Gasteiger partial charge on any atom is -0.393 e. The van der Waals surface area contributed by atoms with Crippen molar-refractivity contribution >= 4 is 21.6 Å². The van der Waals surface area contributed by atoms with E-state index >= 15 is 0 Å². The molecule has 1 saturated carbocycles. The van der Waals surface area contributed by atoms with Crippen molar-refractivity contribution in [1.82, 2.24) is 4.72 Å². The van der Waals surface area contributed by atoms with Gasteiger partial charge in [0, 0.05) is 12.4 Å². The zero-order chi connectivity index (χ0) is 12.0. The van der Waals surface area contributed by atoms with Gasteiger partial charge in [0.05, 0.1) is 11.9 Å². The highest BCUT2D eigenvalue weighted by Gasteiger charge is 2.21. The fraction of sp³-hybridized carbons (Fsp3) is 1.00. The molecule has 2 unspecified atom stereocenters. The highest BCUT2D eigenvalue weighted by atomic mass is 35.5. The van der Waals surface area contributed by atoms with Crippen LogP contribution in [0.2, 0.25) is 0 Å². The van der Waals surface area contributed by atoms with Crippen molar-refractivity contribution in [3.05, 3.63) is 0 Å². The molecule has 0 saturated heterocycles. The lowest BCUT2D eigenvalue weighted by Gasteiger charge is -2.25. The van der Waals surface area contributed by atoms with Gasteiger partial charge in [-0.1, -0.05) is 6.42 Å². The van der Waals surface area contributed by atoms with E-state index < -0.39 is 10.0 Å². The van der Waals surface area contributed by atoms with E-state index in [4.69, 9.17) is 11.6 Å². The summed E-state index contributed by atoms with van der Waals surface area (Å²) in [6.45, 7) is 0.446.